The Bertz CT molecular complexity index is 616. The van der Waals surface area contributed by atoms with Gasteiger partial charge in [0.1, 0.15) is 0 Å². The highest BCUT2D eigenvalue weighted by Gasteiger charge is 2.24. The topological polar surface area (TPSA) is 49.0 Å². The van der Waals surface area contributed by atoms with Crippen LogP contribution in [0.5, 0.6) is 0 Å². The fourth-order valence-electron chi connectivity index (χ4n) is 2.24. The van der Waals surface area contributed by atoms with E-state index >= 15 is 0 Å². The molecule has 0 spiro atoms. The van der Waals surface area contributed by atoms with Crippen LogP contribution in [0.2, 0.25) is 5.02 Å². The minimum absolute atomic E-state index is 0.0545. The number of nitrogens with zero attached hydrogens (tertiary/aromatic N) is 2. The number of carbonyl (C=O) groups is 1. The molecule has 106 valence electrons. The van der Waals surface area contributed by atoms with E-state index in [-0.39, 0.29) is 11.9 Å². The van der Waals surface area contributed by atoms with Gasteiger partial charge in [0.2, 0.25) is 0 Å². The Labute approximate surface area is 123 Å². The molecule has 1 heterocycles. The molecule has 0 saturated carbocycles. The molecule has 1 unspecified atom stereocenters. The van der Waals surface area contributed by atoms with E-state index in [2.05, 4.69) is 10.2 Å². The van der Waals surface area contributed by atoms with Gasteiger partial charge < -0.3 is 4.90 Å². The molecular weight excluding hydrogens is 274 g/mol. The summed E-state index contributed by atoms with van der Waals surface area (Å²) in [5, 5.41) is 7.58. The quantitative estimate of drug-likeness (QED) is 0.941. The van der Waals surface area contributed by atoms with Crippen molar-refractivity contribution >= 4 is 17.5 Å². The maximum Gasteiger partial charge on any atom is 0.257 e. The number of rotatable bonds is 3. The number of nitrogens with one attached hydrogen (secondary N) is 1. The Morgan fingerprint density at radius 2 is 2.00 bits per heavy atom. The van der Waals surface area contributed by atoms with Crippen molar-refractivity contribution in [3.05, 3.63) is 51.8 Å². The molecule has 1 aromatic heterocycles. The molecule has 5 heteroatoms. The summed E-state index contributed by atoms with van der Waals surface area (Å²) in [6, 6.07) is 7.46. The van der Waals surface area contributed by atoms with Crippen LogP contribution >= 0.6 is 11.6 Å². The summed E-state index contributed by atoms with van der Waals surface area (Å²) in [5.74, 6) is -0.0545. The molecular formula is C15H18ClN3O. The molecule has 0 aliphatic rings. The second-order valence-electron chi connectivity index (χ2n) is 4.92. The molecule has 0 aliphatic heterocycles. The summed E-state index contributed by atoms with van der Waals surface area (Å²) in [5.41, 5.74) is 3.06. The minimum Gasteiger partial charge on any atom is -0.335 e. The Morgan fingerprint density at radius 3 is 2.55 bits per heavy atom. The van der Waals surface area contributed by atoms with E-state index in [1.54, 1.807) is 11.9 Å². The third-order valence-corrected chi connectivity index (χ3v) is 3.94. The lowest BCUT2D eigenvalue weighted by molar-refractivity contribution is 0.0741. The summed E-state index contributed by atoms with van der Waals surface area (Å²) in [7, 11) is 1.78. The number of carbonyl (C=O) groups excluding carboxylic acids is 1. The number of hydrogen-bond donors (Lipinski definition) is 1. The zero-order chi connectivity index (χ0) is 14.9. The average Bonchev–Trinajstić information content (AvgIpc) is 2.76. The number of aromatic nitrogens is 2. The van der Waals surface area contributed by atoms with Crippen molar-refractivity contribution in [1.29, 1.82) is 0 Å². The van der Waals surface area contributed by atoms with Gasteiger partial charge in [-0.3, -0.25) is 9.89 Å². The monoisotopic (exact) mass is 291 g/mol. The van der Waals surface area contributed by atoms with Gasteiger partial charge in [-0.1, -0.05) is 29.8 Å². The van der Waals surface area contributed by atoms with Crippen molar-refractivity contribution in [2.75, 3.05) is 7.05 Å². The first-order valence-corrected chi connectivity index (χ1v) is 6.84. The largest absolute Gasteiger partial charge is 0.335 e. The van der Waals surface area contributed by atoms with Gasteiger partial charge >= 0.3 is 0 Å². The van der Waals surface area contributed by atoms with Crippen LogP contribution in [0.25, 0.3) is 0 Å². The highest BCUT2D eigenvalue weighted by molar-refractivity contribution is 6.31. The molecule has 0 aliphatic carbocycles. The van der Waals surface area contributed by atoms with E-state index in [0.29, 0.717) is 16.3 Å². The third-order valence-electron chi connectivity index (χ3n) is 3.60. The zero-order valence-electron chi connectivity index (χ0n) is 12.1. The molecule has 2 rings (SSSR count). The van der Waals surface area contributed by atoms with E-state index < -0.39 is 0 Å². The van der Waals surface area contributed by atoms with E-state index in [1.165, 1.54) is 0 Å². The van der Waals surface area contributed by atoms with Crippen LogP contribution in [-0.4, -0.2) is 28.1 Å². The van der Waals surface area contributed by atoms with Gasteiger partial charge in [-0.05, 0) is 32.4 Å². The third kappa shape index (κ3) is 2.56. The number of aromatic amines is 1. The molecule has 1 amide bonds. The van der Waals surface area contributed by atoms with Gasteiger partial charge in [-0.15, -0.1) is 0 Å². The molecule has 0 saturated heterocycles. The molecule has 2 aromatic rings. The number of hydrogen-bond acceptors (Lipinski definition) is 2. The molecule has 0 fully saturated rings. The highest BCUT2D eigenvalue weighted by atomic mass is 35.5. The lowest BCUT2D eigenvalue weighted by Crippen LogP contribution is -2.30. The Kier molecular flexibility index (Phi) is 4.14. The minimum atomic E-state index is -0.107. The summed E-state index contributed by atoms with van der Waals surface area (Å²) >= 11 is 6.20. The van der Waals surface area contributed by atoms with Crippen molar-refractivity contribution < 1.29 is 4.79 Å². The first kappa shape index (κ1) is 14.6. The van der Waals surface area contributed by atoms with Crippen LogP contribution in [0.4, 0.5) is 0 Å². The predicted molar refractivity (Wildman–Crippen MR) is 80.0 cm³/mol. The summed E-state index contributed by atoms with van der Waals surface area (Å²) in [6.45, 7) is 5.63. The van der Waals surface area contributed by atoms with Crippen molar-refractivity contribution in [3.63, 3.8) is 0 Å². The number of aryl methyl sites for hydroxylation is 2. The van der Waals surface area contributed by atoms with Crippen LogP contribution in [0.3, 0.4) is 0 Å². The number of halogens is 1. The molecule has 1 aromatic carbocycles. The van der Waals surface area contributed by atoms with Crippen LogP contribution < -0.4 is 0 Å². The zero-order valence-corrected chi connectivity index (χ0v) is 12.8. The van der Waals surface area contributed by atoms with E-state index in [4.69, 9.17) is 11.6 Å². The fourth-order valence-corrected chi connectivity index (χ4v) is 2.53. The van der Waals surface area contributed by atoms with Crippen molar-refractivity contribution in [2.24, 2.45) is 0 Å². The second kappa shape index (κ2) is 5.67. The maximum absolute atomic E-state index is 12.6. The van der Waals surface area contributed by atoms with Gasteiger partial charge in [-0.2, -0.15) is 5.10 Å². The molecule has 20 heavy (non-hydrogen) atoms. The first-order chi connectivity index (χ1) is 9.43. The normalized spacial score (nSPS) is 12.2. The maximum atomic E-state index is 12.6. The molecule has 4 nitrogen and oxygen atoms in total. The smallest absolute Gasteiger partial charge is 0.257 e. The van der Waals surface area contributed by atoms with Crippen LogP contribution in [0.1, 0.15) is 40.3 Å². The summed E-state index contributed by atoms with van der Waals surface area (Å²) in [4.78, 5) is 14.3. The SMILES string of the molecule is Cc1n[nH]c(C)c1C(=O)N(C)C(C)c1ccccc1Cl. The van der Waals surface area contributed by atoms with Crippen LogP contribution in [-0.2, 0) is 0 Å². The molecule has 1 atom stereocenters. The van der Waals surface area contributed by atoms with Gasteiger partial charge in [0.15, 0.2) is 0 Å². The van der Waals surface area contributed by atoms with Crippen LogP contribution in [0.15, 0.2) is 24.3 Å². The van der Waals surface area contributed by atoms with E-state index in [1.807, 2.05) is 45.0 Å². The van der Waals surface area contributed by atoms with Gasteiger partial charge in [0.25, 0.3) is 5.91 Å². The van der Waals surface area contributed by atoms with Gasteiger partial charge in [0.05, 0.1) is 17.3 Å². The molecule has 0 radical (unpaired) electrons. The van der Waals surface area contributed by atoms with E-state index in [9.17, 15) is 4.79 Å². The van der Waals surface area contributed by atoms with Gasteiger partial charge in [-0.25, -0.2) is 0 Å². The lowest BCUT2D eigenvalue weighted by Gasteiger charge is -2.26. The average molecular weight is 292 g/mol. The summed E-state index contributed by atoms with van der Waals surface area (Å²) in [6.07, 6.45) is 0. The molecule has 1 N–H and O–H groups in total. The Hall–Kier alpha value is -1.81. The van der Waals surface area contributed by atoms with Crippen molar-refractivity contribution in [1.82, 2.24) is 15.1 Å². The Balaban J connectivity index is 2.30. The van der Waals surface area contributed by atoms with Crippen LogP contribution in [0, 0.1) is 13.8 Å². The van der Waals surface area contributed by atoms with Crippen molar-refractivity contribution in [2.45, 2.75) is 26.8 Å². The summed E-state index contributed by atoms with van der Waals surface area (Å²) < 4.78 is 0. The second-order valence-corrected chi connectivity index (χ2v) is 5.33. The predicted octanol–water partition coefficient (Wildman–Crippen LogP) is 3.51. The van der Waals surface area contributed by atoms with Crippen molar-refractivity contribution in [3.8, 4) is 0 Å². The fraction of sp³-hybridized carbons (Fsp3) is 0.333. The molecule has 0 bridgehead atoms. The number of amides is 1. The standard InChI is InChI=1S/C15H18ClN3O/c1-9-14(10(2)18-17-9)15(20)19(4)11(3)12-7-5-6-8-13(12)16/h5-8,11H,1-4H3,(H,17,18). The Morgan fingerprint density at radius 1 is 1.35 bits per heavy atom. The lowest BCUT2D eigenvalue weighted by atomic mass is 10.1. The first-order valence-electron chi connectivity index (χ1n) is 6.46. The van der Waals surface area contributed by atoms with E-state index in [0.717, 1.165) is 11.3 Å². The number of H-pyrrole nitrogens is 1. The highest BCUT2D eigenvalue weighted by Crippen LogP contribution is 2.27. The van der Waals surface area contributed by atoms with Gasteiger partial charge in [0, 0.05) is 17.8 Å². The number of benzene rings is 1.